The summed E-state index contributed by atoms with van der Waals surface area (Å²) in [7, 11) is 1.57. The molecule has 0 radical (unpaired) electrons. The van der Waals surface area contributed by atoms with E-state index in [-0.39, 0.29) is 6.79 Å². The molecule has 0 N–H and O–H groups in total. The summed E-state index contributed by atoms with van der Waals surface area (Å²) in [5.41, 5.74) is 2.48. The van der Waals surface area contributed by atoms with Gasteiger partial charge in [-0.2, -0.15) is 5.26 Å². The molecule has 0 atom stereocenters. The molecule has 0 amide bonds. The summed E-state index contributed by atoms with van der Waals surface area (Å²) in [6, 6.07) is 2.18. The molecule has 0 saturated carbocycles. The van der Waals surface area contributed by atoms with Crippen LogP contribution in [0.2, 0.25) is 0 Å². The molecule has 0 unspecified atom stereocenters. The van der Waals surface area contributed by atoms with E-state index in [1.54, 1.807) is 13.3 Å². The topological polar surface area (TPSA) is 55.1 Å². The first-order valence-electron chi connectivity index (χ1n) is 4.73. The van der Waals surface area contributed by atoms with Crippen LogP contribution in [0.4, 0.5) is 0 Å². The lowest BCUT2D eigenvalue weighted by Gasteiger charge is -2.09. The fourth-order valence-corrected chi connectivity index (χ4v) is 1.85. The number of aromatic nitrogens is 1. The normalized spacial score (nSPS) is 10.1. The highest BCUT2D eigenvalue weighted by atomic mass is 32.2. The summed E-state index contributed by atoms with van der Waals surface area (Å²) < 4.78 is 10.0. The number of nitrogens with zero attached hydrogens (tertiary/aromatic N) is 2. The minimum absolute atomic E-state index is 0.242. The van der Waals surface area contributed by atoms with Gasteiger partial charge in [0.25, 0.3) is 0 Å². The van der Waals surface area contributed by atoms with Gasteiger partial charge in [0.15, 0.2) is 0 Å². The van der Waals surface area contributed by atoms with E-state index in [9.17, 15) is 0 Å². The van der Waals surface area contributed by atoms with Gasteiger partial charge in [0.05, 0.1) is 12.2 Å². The van der Waals surface area contributed by atoms with Crippen LogP contribution >= 0.6 is 11.8 Å². The zero-order chi connectivity index (χ0) is 12.0. The van der Waals surface area contributed by atoms with E-state index in [0.717, 1.165) is 16.2 Å². The zero-order valence-corrected chi connectivity index (χ0v) is 10.4. The van der Waals surface area contributed by atoms with Crippen LogP contribution < -0.4 is 0 Å². The van der Waals surface area contributed by atoms with E-state index in [2.05, 4.69) is 11.1 Å². The van der Waals surface area contributed by atoms with Gasteiger partial charge in [-0.1, -0.05) is 0 Å². The Hall–Kier alpha value is -1.09. The van der Waals surface area contributed by atoms with Crippen molar-refractivity contribution in [1.82, 2.24) is 4.98 Å². The minimum Gasteiger partial charge on any atom is -0.359 e. The van der Waals surface area contributed by atoms with Gasteiger partial charge < -0.3 is 9.47 Å². The van der Waals surface area contributed by atoms with Gasteiger partial charge in [0.1, 0.15) is 17.9 Å². The van der Waals surface area contributed by atoms with Crippen molar-refractivity contribution >= 4 is 11.8 Å². The molecule has 0 saturated heterocycles. The molecular weight excluding hydrogens is 224 g/mol. The number of hydrogen-bond donors (Lipinski definition) is 0. The van der Waals surface area contributed by atoms with Gasteiger partial charge in [-0.25, -0.2) is 4.98 Å². The first kappa shape index (κ1) is 13.0. The molecule has 1 aromatic heterocycles. The Morgan fingerprint density at radius 3 is 2.88 bits per heavy atom. The largest absolute Gasteiger partial charge is 0.359 e. The summed E-state index contributed by atoms with van der Waals surface area (Å²) in [6.45, 7) is 2.56. The van der Waals surface area contributed by atoms with Crippen molar-refractivity contribution in [2.75, 3.05) is 20.2 Å². The molecule has 0 bridgehead atoms. The van der Waals surface area contributed by atoms with Crippen LogP contribution in [0.5, 0.6) is 0 Å². The van der Waals surface area contributed by atoms with Crippen LogP contribution in [0, 0.1) is 18.3 Å². The van der Waals surface area contributed by atoms with Crippen molar-refractivity contribution < 1.29 is 9.47 Å². The van der Waals surface area contributed by atoms with Gasteiger partial charge in [0.2, 0.25) is 0 Å². The van der Waals surface area contributed by atoms with E-state index < -0.39 is 0 Å². The van der Waals surface area contributed by atoms with Crippen LogP contribution in [-0.4, -0.2) is 25.1 Å². The van der Waals surface area contributed by atoms with Crippen molar-refractivity contribution in [2.24, 2.45) is 0 Å². The Bertz CT molecular complexity index is 402. The van der Waals surface area contributed by atoms with Crippen molar-refractivity contribution in [3.63, 3.8) is 0 Å². The van der Waals surface area contributed by atoms with Crippen LogP contribution in [-0.2, 0) is 16.1 Å². The second kappa shape index (κ2) is 6.48. The van der Waals surface area contributed by atoms with E-state index in [0.29, 0.717) is 12.2 Å². The molecule has 0 spiro atoms. The molecule has 0 aliphatic heterocycles. The third-order valence-electron chi connectivity index (χ3n) is 2.17. The smallest absolute Gasteiger partial charge is 0.146 e. The third-order valence-corrected chi connectivity index (χ3v) is 2.87. The number of nitriles is 1. The number of methoxy groups -OCH3 is 1. The molecule has 0 fully saturated rings. The highest BCUT2D eigenvalue weighted by Gasteiger charge is 2.10. The Labute approximate surface area is 99.6 Å². The number of hydrogen-bond acceptors (Lipinski definition) is 5. The highest BCUT2D eigenvalue weighted by molar-refractivity contribution is 7.98. The molecule has 1 rings (SSSR count). The molecule has 0 aliphatic rings. The summed E-state index contributed by atoms with van der Waals surface area (Å²) in [6.07, 6.45) is 3.65. The third kappa shape index (κ3) is 2.95. The maximum absolute atomic E-state index is 9.06. The molecule has 86 valence electrons. The van der Waals surface area contributed by atoms with Crippen molar-refractivity contribution in [2.45, 2.75) is 18.6 Å². The van der Waals surface area contributed by atoms with Gasteiger partial charge in [-0.05, 0) is 18.7 Å². The van der Waals surface area contributed by atoms with Gasteiger partial charge in [-0.3, -0.25) is 0 Å². The Morgan fingerprint density at radius 2 is 2.31 bits per heavy atom. The summed E-state index contributed by atoms with van der Waals surface area (Å²) in [4.78, 5) is 4.23. The number of thioether (sulfide) groups is 1. The second-order valence-electron chi connectivity index (χ2n) is 3.16. The fraction of sp³-hybridized carbons (Fsp3) is 0.455. The van der Waals surface area contributed by atoms with Gasteiger partial charge in [-0.15, -0.1) is 11.8 Å². The van der Waals surface area contributed by atoms with Crippen LogP contribution in [0.1, 0.15) is 16.7 Å². The van der Waals surface area contributed by atoms with Gasteiger partial charge in [0, 0.05) is 18.9 Å². The molecule has 1 heterocycles. The Morgan fingerprint density at radius 1 is 1.56 bits per heavy atom. The van der Waals surface area contributed by atoms with E-state index in [4.69, 9.17) is 14.7 Å². The van der Waals surface area contributed by atoms with Crippen LogP contribution in [0.25, 0.3) is 0 Å². The maximum atomic E-state index is 9.06. The van der Waals surface area contributed by atoms with Crippen LogP contribution in [0.3, 0.4) is 0 Å². The van der Waals surface area contributed by atoms with E-state index in [1.807, 2.05) is 13.2 Å². The molecule has 16 heavy (non-hydrogen) atoms. The second-order valence-corrected chi connectivity index (χ2v) is 3.95. The fourth-order valence-electron chi connectivity index (χ4n) is 1.29. The first-order valence-corrected chi connectivity index (χ1v) is 5.96. The molecule has 0 aliphatic carbocycles. The minimum atomic E-state index is 0.242. The Kier molecular flexibility index (Phi) is 5.26. The summed E-state index contributed by atoms with van der Waals surface area (Å²) >= 11 is 1.47. The number of ether oxygens (including phenoxy) is 2. The average molecular weight is 238 g/mol. The lowest BCUT2D eigenvalue weighted by Crippen LogP contribution is -2.02. The first-order chi connectivity index (χ1) is 7.74. The molecule has 5 heteroatoms. The van der Waals surface area contributed by atoms with E-state index in [1.165, 1.54) is 11.8 Å². The van der Waals surface area contributed by atoms with Crippen molar-refractivity contribution in [1.29, 1.82) is 5.26 Å². The predicted octanol–water partition coefficient (Wildman–Crippen LogP) is 2.10. The number of pyridine rings is 1. The number of rotatable bonds is 5. The maximum Gasteiger partial charge on any atom is 0.146 e. The SMILES string of the molecule is COCOCc1cnc(SC)c(C#N)c1C. The Balaban J connectivity index is 2.92. The van der Waals surface area contributed by atoms with E-state index >= 15 is 0 Å². The van der Waals surface area contributed by atoms with Crippen molar-refractivity contribution in [3.05, 3.63) is 22.9 Å². The van der Waals surface area contributed by atoms with Crippen molar-refractivity contribution in [3.8, 4) is 6.07 Å². The standard InChI is InChI=1S/C11H14N2O2S/c1-8-9(6-15-7-14-2)5-13-11(16-3)10(8)4-12/h5H,6-7H2,1-3H3. The lowest BCUT2D eigenvalue weighted by atomic mass is 10.1. The lowest BCUT2D eigenvalue weighted by molar-refractivity contribution is -0.0393. The quantitative estimate of drug-likeness (QED) is 0.446. The monoisotopic (exact) mass is 238 g/mol. The molecule has 4 nitrogen and oxygen atoms in total. The summed E-state index contributed by atoms with van der Waals surface area (Å²) in [5, 5.41) is 9.82. The molecule has 0 aromatic carbocycles. The van der Waals surface area contributed by atoms with Gasteiger partial charge >= 0.3 is 0 Å². The van der Waals surface area contributed by atoms with Crippen LogP contribution in [0.15, 0.2) is 11.2 Å². The average Bonchev–Trinajstić information content (AvgIpc) is 2.31. The summed E-state index contributed by atoms with van der Waals surface area (Å²) in [5.74, 6) is 0. The molecule has 1 aromatic rings. The zero-order valence-electron chi connectivity index (χ0n) is 9.61. The highest BCUT2D eigenvalue weighted by Crippen LogP contribution is 2.22. The predicted molar refractivity (Wildman–Crippen MR) is 62.1 cm³/mol. The molecular formula is C11H14N2O2S.